The van der Waals surface area contributed by atoms with Gasteiger partial charge in [-0.1, -0.05) is 13.3 Å². The number of hydrogen-bond donors (Lipinski definition) is 0. The number of hydrogen-bond acceptors (Lipinski definition) is 3. The molecular weight excluding hydrogens is 238 g/mol. The van der Waals surface area contributed by atoms with Gasteiger partial charge in [0, 0.05) is 12.6 Å². The van der Waals surface area contributed by atoms with Crippen LogP contribution in [0.4, 0.5) is 0 Å². The molecule has 1 unspecified atom stereocenters. The van der Waals surface area contributed by atoms with Crippen LogP contribution in [0.3, 0.4) is 0 Å². The quantitative estimate of drug-likeness (QED) is 0.812. The van der Waals surface area contributed by atoms with E-state index in [1.54, 1.807) is 14.2 Å². The van der Waals surface area contributed by atoms with Crippen LogP contribution in [0.1, 0.15) is 43.9 Å². The average molecular weight is 263 g/mol. The van der Waals surface area contributed by atoms with E-state index in [1.807, 2.05) is 0 Å². The lowest BCUT2D eigenvalue weighted by atomic mass is 9.92. The fourth-order valence-corrected chi connectivity index (χ4v) is 2.86. The lowest BCUT2D eigenvalue weighted by Crippen LogP contribution is -2.34. The molecule has 0 radical (unpaired) electrons. The molecule has 1 aliphatic heterocycles. The lowest BCUT2D eigenvalue weighted by Gasteiger charge is -2.35. The van der Waals surface area contributed by atoms with Crippen LogP contribution in [0, 0.1) is 0 Å². The van der Waals surface area contributed by atoms with Gasteiger partial charge in [0.15, 0.2) is 11.5 Å². The molecular formula is C16H25NO2. The molecule has 0 saturated heterocycles. The van der Waals surface area contributed by atoms with E-state index >= 15 is 0 Å². The highest BCUT2D eigenvalue weighted by atomic mass is 16.5. The molecule has 0 N–H and O–H groups in total. The number of rotatable bonds is 5. The molecule has 0 aromatic heterocycles. The lowest BCUT2D eigenvalue weighted by molar-refractivity contribution is 0.195. The third kappa shape index (κ3) is 2.86. The molecule has 2 rings (SSSR count). The smallest absolute Gasteiger partial charge is 0.161 e. The second-order valence-electron chi connectivity index (χ2n) is 5.22. The summed E-state index contributed by atoms with van der Waals surface area (Å²) in [6.45, 7) is 6.87. The first-order valence-corrected chi connectivity index (χ1v) is 7.20. The van der Waals surface area contributed by atoms with Gasteiger partial charge in [0.25, 0.3) is 0 Å². The molecule has 1 aromatic rings. The molecule has 0 spiro atoms. The van der Waals surface area contributed by atoms with Gasteiger partial charge in [0.05, 0.1) is 14.2 Å². The Kier molecular flexibility index (Phi) is 4.70. The Labute approximate surface area is 116 Å². The van der Waals surface area contributed by atoms with E-state index in [4.69, 9.17) is 9.47 Å². The van der Waals surface area contributed by atoms with Crippen LogP contribution in [0.2, 0.25) is 0 Å². The molecule has 1 aromatic carbocycles. The van der Waals surface area contributed by atoms with Gasteiger partial charge >= 0.3 is 0 Å². The molecule has 0 bridgehead atoms. The Morgan fingerprint density at radius 2 is 1.89 bits per heavy atom. The number of fused-ring (bicyclic) bond motifs is 1. The van der Waals surface area contributed by atoms with Crippen molar-refractivity contribution in [1.82, 2.24) is 4.90 Å². The van der Waals surface area contributed by atoms with Gasteiger partial charge in [0.2, 0.25) is 0 Å². The average Bonchev–Trinajstić information content (AvgIpc) is 2.45. The summed E-state index contributed by atoms with van der Waals surface area (Å²) in [6.07, 6.45) is 3.62. The Balaban J connectivity index is 2.27. The van der Waals surface area contributed by atoms with Crippen LogP contribution >= 0.6 is 0 Å². The Morgan fingerprint density at radius 3 is 2.53 bits per heavy atom. The van der Waals surface area contributed by atoms with Crippen molar-refractivity contribution in [3.05, 3.63) is 23.3 Å². The van der Waals surface area contributed by atoms with Gasteiger partial charge in [-0.15, -0.1) is 0 Å². The molecule has 1 aliphatic rings. The van der Waals surface area contributed by atoms with Crippen molar-refractivity contribution < 1.29 is 9.47 Å². The van der Waals surface area contributed by atoms with Crippen molar-refractivity contribution in [2.45, 2.75) is 39.2 Å². The maximum Gasteiger partial charge on any atom is 0.161 e. The topological polar surface area (TPSA) is 21.7 Å². The van der Waals surface area contributed by atoms with Gasteiger partial charge in [-0.25, -0.2) is 0 Å². The van der Waals surface area contributed by atoms with Gasteiger partial charge in [-0.05, 0) is 49.6 Å². The Bertz CT molecular complexity index is 431. The summed E-state index contributed by atoms with van der Waals surface area (Å²) in [5, 5.41) is 0. The molecule has 19 heavy (non-hydrogen) atoms. The zero-order chi connectivity index (χ0) is 13.8. The van der Waals surface area contributed by atoms with Crippen LogP contribution in [-0.4, -0.2) is 32.2 Å². The van der Waals surface area contributed by atoms with Gasteiger partial charge < -0.3 is 9.47 Å². The van der Waals surface area contributed by atoms with E-state index in [0.717, 1.165) is 24.5 Å². The monoisotopic (exact) mass is 263 g/mol. The molecule has 0 saturated carbocycles. The summed E-state index contributed by atoms with van der Waals surface area (Å²) in [7, 11) is 3.40. The van der Waals surface area contributed by atoms with Crippen LogP contribution in [0.15, 0.2) is 12.1 Å². The summed E-state index contributed by atoms with van der Waals surface area (Å²) >= 11 is 0. The number of methoxy groups -OCH3 is 2. The van der Waals surface area contributed by atoms with Gasteiger partial charge in [-0.3, -0.25) is 4.90 Å². The zero-order valence-corrected chi connectivity index (χ0v) is 12.5. The third-order valence-electron chi connectivity index (χ3n) is 4.11. The molecule has 0 fully saturated rings. The highest BCUT2D eigenvalue weighted by Crippen LogP contribution is 2.37. The minimum absolute atomic E-state index is 0.468. The SMILES string of the molecule is CCCCN1CCc2cc(OC)c(OC)cc2C1C. The predicted molar refractivity (Wildman–Crippen MR) is 78.1 cm³/mol. The molecule has 0 amide bonds. The van der Waals surface area contributed by atoms with E-state index in [-0.39, 0.29) is 0 Å². The van der Waals surface area contributed by atoms with Crippen molar-refractivity contribution in [3.8, 4) is 11.5 Å². The molecule has 1 heterocycles. The maximum absolute atomic E-state index is 5.42. The minimum atomic E-state index is 0.468. The summed E-state index contributed by atoms with van der Waals surface area (Å²) in [4.78, 5) is 2.57. The van der Waals surface area contributed by atoms with Crippen molar-refractivity contribution >= 4 is 0 Å². The first kappa shape index (κ1) is 14.2. The standard InChI is InChI=1S/C16H25NO2/c1-5-6-8-17-9-7-13-10-15(18-3)16(19-4)11-14(13)12(17)2/h10-12H,5-9H2,1-4H3. The van der Waals surface area contributed by atoms with Crippen LogP contribution in [0.5, 0.6) is 11.5 Å². The molecule has 106 valence electrons. The second kappa shape index (κ2) is 6.29. The summed E-state index contributed by atoms with van der Waals surface area (Å²) < 4.78 is 10.8. The molecule has 3 heteroatoms. The van der Waals surface area contributed by atoms with Crippen molar-refractivity contribution in [2.75, 3.05) is 27.3 Å². The number of benzene rings is 1. The number of ether oxygens (including phenoxy) is 2. The largest absolute Gasteiger partial charge is 0.493 e. The first-order chi connectivity index (χ1) is 9.21. The van der Waals surface area contributed by atoms with E-state index in [1.165, 1.54) is 30.5 Å². The van der Waals surface area contributed by atoms with Gasteiger partial charge in [-0.2, -0.15) is 0 Å². The first-order valence-electron chi connectivity index (χ1n) is 7.20. The van der Waals surface area contributed by atoms with E-state index in [9.17, 15) is 0 Å². The fraction of sp³-hybridized carbons (Fsp3) is 0.625. The second-order valence-corrected chi connectivity index (χ2v) is 5.22. The third-order valence-corrected chi connectivity index (χ3v) is 4.11. The van der Waals surface area contributed by atoms with Crippen LogP contribution < -0.4 is 9.47 Å². The highest BCUT2D eigenvalue weighted by molar-refractivity contribution is 5.49. The summed E-state index contributed by atoms with van der Waals surface area (Å²) in [6, 6.07) is 4.76. The van der Waals surface area contributed by atoms with E-state index in [2.05, 4.69) is 30.9 Å². The molecule has 3 nitrogen and oxygen atoms in total. The zero-order valence-electron chi connectivity index (χ0n) is 12.5. The van der Waals surface area contributed by atoms with Crippen molar-refractivity contribution in [2.24, 2.45) is 0 Å². The predicted octanol–water partition coefficient (Wildman–Crippen LogP) is 3.42. The molecule has 1 atom stereocenters. The van der Waals surface area contributed by atoms with E-state index < -0.39 is 0 Å². The van der Waals surface area contributed by atoms with E-state index in [0.29, 0.717) is 6.04 Å². The summed E-state index contributed by atoms with van der Waals surface area (Å²) in [5.74, 6) is 1.68. The number of nitrogens with zero attached hydrogens (tertiary/aromatic N) is 1. The van der Waals surface area contributed by atoms with Crippen LogP contribution in [-0.2, 0) is 6.42 Å². The highest BCUT2D eigenvalue weighted by Gasteiger charge is 2.25. The van der Waals surface area contributed by atoms with Gasteiger partial charge in [0.1, 0.15) is 0 Å². The van der Waals surface area contributed by atoms with Crippen molar-refractivity contribution in [1.29, 1.82) is 0 Å². The minimum Gasteiger partial charge on any atom is -0.493 e. The Hall–Kier alpha value is -1.22. The van der Waals surface area contributed by atoms with Crippen LogP contribution in [0.25, 0.3) is 0 Å². The normalized spacial score (nSPS) is 19.1. The number of unbranched alkanes of at least 4 members (excludes halogenated alkanes) is 1. The Morgan fingerprint density at radius 1 is 1.21 bits per heavy atom. The fourth-order valence-electron chi connectivity index (χ4n) is 2.86. The van der Waals surface area contributed by atoms with Crippen molar-refractivity contribution in [3.63, 3.8) is 0 Å². The maximum atomic E-state index is 5.42. The summed E-state index contributed by atoms with van der Waals surface area (Å²) in [5.41, 5.74) is 2.79. The molecule has 0 aliphatic carbocycles.